The average Bonchev–Trinajstić information content (AvgIpc) is 3.71. The number of aromatic nitrogens is 4. The lowest BCUT2D eigenvalue weighted by molar-refractivity contribution is 0.669. The molecule has 7 aromatic carbocycles. The Balaban J connectivity index is 1.39. The molecule has 0 saturated heterocycles. The van der Waals surface area contributed by atoms with Crippen molar-refractivity contribution in [2.45, 2.75) is 0 Å². The second kappa shape index (κ2) is 7.49. The monoisotopic (exact) mass is 524 g/mol. The Morgan fingerprint density at radius 1 is 0.439 bits per heavy atom. The fourth-order valence-electron chi connectivity index (χ4n) is 6.86. The standard InChI is InChI=1S/C36H20N4O/c1-2-8-21(9-3-1)40-37-27-17-16-22(20-28(27)38-40)39-29-14-6-12-25-23-10-4-5-11-24(23)26-13-7-15-31-34(26)36-32(41-31)19-18-30(39)35(36)33(25)29/h1-20H. The molecule has 41 heavy (non-hydrogen) atoms. The second-order valence-corrected chi connectivity index (χ2v) is 10.7. The molecule has 5 nitrogen and oxygen atoms in total. The minimum Gasteiger partial charge on any atom is -0.456 e. The van der Waals surface area contributed by atoms with Crippen molar-refractivity contribution in [3.05, 3.63) is 121 Å². The third-order valence-corrected chi connectivity index (χ3v) is 8.53. The lowest BCUT2D eigenvalue weighted by atomic mass is 9.95. The van der Waals surface area contributed by atoms with Crippen molar-refractivity contribution in [3.63, 3.8) is 0 Å². The number of nitrogens with zero attached hydrogens (tertiary/aromatic N) is 4. The molecule has 0 N–H and O–H groups in total. The van der Waals surface area contributed by atoms with E-state index in [2.05, 4.69) is 95.6 Å². The Morgan fingerprint density at radius 3 is 1.98 bits per heavy atom. The van der Waals surface area contributed by atoms with Gasteiger partial charge in [-0.25, -0.2) is 0 Å². The summed E-state index contributed by atoms with van der Waals surface area (Å²) in [5.41, 5.74) is 7.83. The van der Waals surface area contributed by atoms with Crippen LogP contribution in [0.4, 0.5) is 0 Å². The topological polar surface area (TPSA) is 48.8 Å². The van der Waals surface area contributed by atoms with E-state index in [0.29, 0.717) is 0 Å². The van der Waals surface area contributed by atoms with Crippen LogP contribution in [0.1, 0.15) is 0 Å². The van der Waals surface area contributed by atoms with Gasteiger partial charge in [0.2, 0.25) is 0 Å². The van der Waals surface area contributed by atoms with Crippen LogP contribution >= 0.6 is 0 Å². The highest BCUT2D eigenvalue weighted by Crippen LogP contribution is 2.46. The molecule has 10 rings (SSSR count). The summed E-state index contributed by atoms with van der Waals surface area (Å²) >= 11 is 0. The Hall–Kier alpha value is -5.68. The number of para-hydroxylation sites is 1. The number of hydrogen-bond donors (Lipinski definition) is 0. The van der Waals surface area contributed by atoms with Crippen molar-refractivity contribution in [3.8, 4) is 11.4 Å². The van der Waals surface area contributed by atoms with E-state index in [1.54, 1.807) is 4.80 Å². The first-order valence-corrected chi connectivity index (χ1v) is 13.8. The lowest BCUT2D eigenvalue weighted by Gasteiger charge is -2.08. The lowest BCUT2D eigenvalue weighted by Crippen LogP contribution is -1.97. The van der Waals surface area contributed by atoms with Crippen molar-refractivity contribution in [2.75, 3.05) is 0 Å². The zero-order valence-corrected chi connectivity index (χ0v) is 21.7. The summed E-state index contributed by atoms with van der Waals surface area (Å²) in [6.07, 6.45) is 0. The van der Waals surface area contributed by atoms with Crippen molar-refractivity contribution < 1.29 is 4.42 Å². The van der Waals surface area contributed by atoms with Crippen LogP contribution in [-0.2, 0) is 0 Å². The quantitative estimate of drug-likeness (QED) is 0.226. The van der Waals surface area contributed by atoms with Crippen molar-refractivity contribution in [2.24, 2.45) is 0 Å². The van der Waals surface area contributed by atoms with E-state index < -0.39 is 0 Å². The van der Waals surface area contributed by atoms with Gasteiger partial charge in [-0.05, 0) is 76.1 Å². The van der Waals surface area contributed by atoms with Gasteiger partial charge in [0.25, 0.3) is 0 Å². The second-order valence-electron chi connectivity index (χ2n) is 10.7. The molecule has 3 aromatic heterocycles. The maximum atomic E-state index is 6.48. The number of fused-ring (bicyclic) bond motifs is 4. The molecule has 5 heteroatoms. The van der Waals surface area contributed by atoms with Gasteiger partial charge in [-0.3, -0.25) is 0 Å². The molecule has 0 atom stereocenters. The van der Waals surface area contributed by atoms with Crippen LogP contribution in [0.15, 0.2) is 126 Å². The number of benzene rings is 6. The zero-order valence-electron chi connectivity index (χ0n) is 21.7. The summed E-state index contributed by atoms with van der Waals surface area (Å²) in [7, 11) is 0. The molecule has 0 saturated carbocycles. The van der Waals surface area contributed by atoms with Gasteiger partial charge >= 0.3 is 0 Å². The normalized spacial score (nSPS) is 12.4. The smallest absolute Gasteiger partial charge is 0.136 e. The van der Waals surface area contributed by atoms with Gasteiger partial charge in [-0.15, -0.1) is 10.2 Å². The summed E-state index contributed by atoms with van der Waals surface area (Å²) in [4.78, 5) is 1.71. The van der Waals surface area contributed by atoms with E-state index in [1.165, 1.54) is 43.1 Å². The molecule has 0 radical (unpaired) electrons. The molecule has 0 bridgehead atoms. The predicted molar refractivity (Wildman–Crippen MR) is 167 cm³/mol. The highest BCUT2D eigenvalue weighted by atomic mass is 16.3. The van der Waals surface area contributed by atoms with Crippen LogP contribution in [0.25, 0.3) is 87.7 Å². The van der Waals surface area contributed by atoms with Crippen molar-refractivity contribution in [1.29, 1.82) is 0 Å². The summed E-state index contributed by atoms with van der Waals surface area (Å²) in [5, 5.41) is 19.3. The largest absolute Gasteiger partial charge is 0.456 e. The third-order valence-electron chi connectivity index (χ3n) is 8.53. The molecule has 0 fully saturated rings. The molecule has 0 aliphatic rings. The minimum atomic E-state index is 0.851. The minimum absolute atomic E-state index is 0.851. The Kier molecular flexibility index (Phi) is 3.87. The molecule has 0 aliphatic heterocycles. The van der Waals surface area contributed by atoms with Gasteiger partial charge in [-0.1, -0.05) is 66.7 Å². The Bertz CT molecular complexity index is 2640. The highest BCUT2D eigenvalue weighted by Gasteiger charge is 2.22. The molecule has 0 amide bonds. The molecule has 0 spiro atoms. The van der Waals surface area contributed by atoms with Crippen LogP contribution in [-0.4, -0.2) is 19.6 Å². The van der Waals surface area contributed by atoms with Crippen LogP contribution in [0.2, 0.25) is 0 Å². The Labute approximate surface area is 232 Å². The maximum Gasteiger partial charge on any atom is 0.136 e. The van der Waals surface area contributed by atoms with E-state index >= 15 is 0 Å². The highest BCUT2D eigenvalue weighted by molar-refractivity contribution is 6.38. The molecule has 10 aromatic rings. The van der Waals surface area contributed by atoms with Gasteiger partial charge in [0.05, 0.1) is 16.7 Å². The molecule has 0 unspecified atom stereocenters. The fraction of sp³-hybridized carbons (Fsp3) is 0. The summed E-state index contributed by atoms with van der Waals surface area (Å²) < 4.78 is 8.84. The van der Waals surface area contributed by atoms with Gasteiger partial charge in [0.15, 0.2) is 0 Å². The molecular weight excluding hydrogens is 504 g/mol. The summed E-state index contributed by atoms with van der Waals surface area (Å²) in [5.74, 6) is 0. The van der Waals surface area contributed by atoms with Gasteiger partial charge in [-0.2, -0.15) is 4.80 Å². The number of hydrogen-bond acceptors (Lipinski definition) is 3. The molecule has 190 valence electrons. The average molecular weight is 525 g/mol. The van der Waals surface area contributed by atoms with E-state index in [-0.39, 0.29) is 0 Å². The van der Waals surface area contributed by atoms with Gasteiger partial charge in [0, 0.05) is 27.2 Å². The summed E-state index contributed by atoms with van der Waals surface area (Å²) in [6, 6.07) is 42.5. The zero-order chi connectivity index (χ0) is 26.7. The van der Waals surface area contributed by atoms with Gasteiger partial charge in [0.1, 0.15) is 22.2 Å². The van der Waals surface area contributed by atoms with Crippen LogP contribution < -0.4 is 0 Å². The van der Waals surface area contributed by atoms with E-state index in [0.717, 1.165) is 44.6 Å². The first-order valence-electron chi connectivity index (χ1n) is 13.8. The number of rotatable bonds is 2. The van der Waals surface area contributed by atoms with Crippen molar-refractivity contribution in [1.82, 2.24) is 19.6 Å². The first-order chi connectivity index (χ1) is 20.3. The van der Waals surface area contributed by atoms with E-state index in [1.807, 2.05) is 30.3 Å². The molecule has 0 aliphatic carbocycles. The first kappa shape index (κ1) is 21.2. The third kappa shape index (κ3) is 2.70. The van der Waals surface area contributed by atoms with Crippen LogP contribution in [0.5, 0.6) is 0 Å². The van der Waals surface area contributed by atoms with Crippen molar-refractivity contribution >= 4 is 76.3 Å². The number of furan rings is 1. The summed E-state index contributed by atoms with van der Waals surface area (Å²) in [6.45, 7) is 0. The molecular formula is C36H20N4O. The maximum absolute atomic E-state index is 6.48. The SMILES string of the molecule is c1ccc(-n2nc3ccc(-n4c5cccc6c7ccccc7c7cccc8oc9ccc4c(c9c87)c65)cc3n2)cc1. The molecule has 3 heterocycles. The predicted octanol–water partition coefficient (Wildman–Crippen LogP) is 9.16. The van der Waals surface area contributed by atoms with Gasteiger partial charge < -0.3 is 8.98 Å². The van der Waals surface area contributed by atoms with Crippen LogP contribution in [0, 0.1) is 0 Å². The fourth-order valence-corrected chi connectivity index (χ4v) is 6.86. The Morgan fingerprint density at radius 2 is 1.12 bits per heavy atom. The van der Waals surface area contributed by atoms with E-state index in [4.69, 9.17) is 14.6 Å². The van der Waals surface area contributed by atoms with Crippen LogP contribution in [0.3, 0.4) is 0 Å². The van der Waals surface area contributed by atoms with E-state index in [9.17, 15) is 0 Å².